The molecule has 0 heterocycles. The molecule has 0 aliphatic carbocycles. The molecule has 0 fully saturated rings. The topological polar surface area (TPSA) is 78.4 Å². The molecule has 0 aliphatic heterocycles. The van der Waals surface area contributed by atoms with Crippen LogP contribution < -0.4 is 10.6 Å². The molecule has 0 aromatic rings. The highest BCUT2D eigenvalue weighted by atomic mass is 16.4. The summed E-state index contributed by atoms with van der Waals surface area (Å²) in [6.45, 7) is 8.76. The van der Waals surface area contributed by atoms with Crippen LogP contribution in [0.1, 0.15) is 33.6 Å². The maximum absolute atomic E-state index is 11.5. The van der Waals surface area contributed by atoms with E-state index in [1.54, 1.807) is 19.9 Å². The summed E-state index contributed by atoms with van der Waals surface area (Å²) in [4.78, 5) is 22.0. The maximum atomic E-state index is 11.5. The molecule has 0 bridgehead atoms. The zero-order chi connectivity index (χ0) is 12.8. The fraction of sp³-hybridized carbons (Fsp3) is 0.636. The summed E-state index contributed by atoms with van der Waals surface area (Å²) in [6, 6.07) is -0.376. The first-order chi connectivity index (χ1) is 7.26. The van der Waals surface area contributed by atoms with Crippen LogP contribution >= 0.6 is 0 Å². The van der Waals surface area contributed by atoms with Gasteiger partial charge in [-0.2, -0.15) is 0 Å². The van der Waals surface area contributed by atoms with Crippen LogP contribution in [0.15, 0.2) is 12.7 Å². The Labute approximate surface area is 95.9 Å². The van der Waals surface area contributed by atoms with Gasteiger partial charge >= 0.3 is 12.0 Å². The van der Waals surface area contributed by atoms with E-state index < -0.39 is 11.5 Å². The Hall–Kier alpha value is -1.52. The van der Waals surface area contributed by atoms with E-state index in [4.69, 9.17) is 5.11 Å². The second-order valence-electron chi connectivity index (χ2n) is 4.48. The number of carbonyl (C=O) groups is 2. The van der Waals surface area contributed by atoms with Gasteiger partial charge in [0.05, 0.1) is 6.42 Å². The zero-order valence-corrected chi connectivity index (χ0v) is 10.0. The molecule has 5 nitrogen and oxygen atoms in total. The Kier molecular flexibility index (Phi) is 5.56. The number of hydrogen-bond acceptors (Lipinski definition) is 2. The van der Waals surface area contributed by atoms with Gasteiger partial charge in [-0.1, -0.05) is 6.08 Å². The molecule has 3 N–H and O–H groups in total. The van der Waals surface area contributed by atoms with E-state index in [1.165, 1.54) is 0 Å². The number of hydrogen-bond donors (Lipinski definition) is 3. The summed E-state index contributed by atoms with van der Waals surface area (Å²) in [5, 5.41) is 14.0. The van der Waals surface area contributed by atoms with Gasteiger partial charge in [0, 0.05) is 11.6 Å². The lowest BCUT2D eigenvalue weighted by Gasteiger charge is -2.25. The van der Waals surface area contributed by atoms with E-state index >= 15 is 0 Å². The highest BCUT2D eigenvalue weighted by Gasteiger charge is 2.24. The predicted molar refractivity (Wildman–Crippen MR) is 62.3 cm³/mol. The van der Waals surface area contributed by atoms with E-state index in [0.717, 1.165) is 0 Å². The van der Waals surface area contributed by atoms with E-state index in [0.29, 0.717) is 6.42 Å². The highest BCUT2D eigenvalue weighted by molar-refractivity contribution is 5.76. The van der Waals surface area contributed by atoms with Crippen LogP contribution in [0, 0.1) is 0 Å². The number of rotatable bonds is 6. The Morgan fingerprint density at radius 2 is 2.06 bits per heavy atom. The molecular weight excluding hydrogens is 208 g/mol. The first kappa shape index (κ1) is 14.5. The second kappa shape index (κ2) is 6.15. The summed E-state index contributed by atoms with van der Waals surface area (Å²) < 4.78 is 0. The summed E-state index contributed by atoms with van der Waals surface area (Å²) in [5.41, 5.74) is -0.760. The first-order valence-corrected chi connectivity index (χ1v) is 5.18. The van der Waals surface area contributed by atoms with Gasteiger partial charge in [0.15, 0.2) is 0 Å². The van der Waals surface area contributed by atoms with Crippen molar-refractivity contribution in [3.05, 3.63) is 12.7 Å². The molecule has 0 spiro atoms. The largest absolute Gasteiger partial charge is 0.481 e. The van der Waals surface area contributed by atoms with Gasteiger partial charge < -0.3 is 15.7 Å². The Bertz CT molecular complexity index is 274. The van der Waals surface area contributed by atoms with Crippen LogP contribution in [0.5, 0.6) is 0 Å². The number of nitrogens with one attached hydrogen (secondary N) is 2. The molecule has 16 heavy (non-hydrogen) atoms. The third-order valence-electron chi connectivity index (χ3n) is 1.94. The molecule has 92 valence electrons. The fourth-order valence-electron chi connectivity index (χ4n) is 1.30. The summed E-state index contributed by atoms with van der Waals surface area (Å²) in [5.74, 6) is -0.940. The number of aliphatic carboxylic acids is 1. The smallest absolute Gasteiger partial charge is 0.315 e. The minimum Gasteiger partial charge on any atom is -0.481 e. The molecule has 0 radical (unpaired) electrons. The van der Waals surface area contributed by atoms with Crippen LogP contribution in [0.25, 0.3) is 0 Å². The van der Waals surface area contributed by atoms with Gasteiger partial charge in [0.2, 0.25) is 0 Å². The fourth-order valence-corrected chi connectivity index (χ4v) is 1.30. The third kappa shape index (κ3) is 6.86. The zero-order valence-electron chi connectivity index (χ0n) is 10.0. The number of carboxylic acid groups (broad SMARTS) is 1. The van der Waals surface area contributed by atoms with Crippen molar-refractivity contribution in [1.82, 2.24) is 10.6 Å². The molecule has 0 aliphatic rings. The molecule has 0 rings (SSSR count). The van der Waals surface area contributed by atoms with Crippen molar-refractivity contribution < 1.29 is 14.7 Å². The molecular formula is C11H20N2O3. The second-order valence-corrected chi connectivity index (χ2v) is 4.48. The number of carboxylic acids is 1. The summed E-state index contributed by atoms with van der Waals surface area (Å²) in [7, 11) is 0. The van der Waals surface area contributed by atoms with Crippen molar-refractivity contribution in [1.29, 1.82) is 0 Å². The molecule has 1 unspecified atom stereocenters. The van der Waals surface area contributed by atoms with Gasteiger partial charge in [0.1, 0.15) is 0 Å². The molecule has 0 saturated heterocycles. The number of urea groups is 1. The van der Waals surface area contributed by atoms with E-state index in [-0.39, 0.29) is 18.5 Å². The SMILES string of the molecule is C=CCC(C)NC(=O)NC(C)(C)CC(=O)O. The van der Waals surface area contributed by atoms with Crippen molar-refractivity contribution in [2.45, 2.75) is 45.2 Å². The Balaban J connectivity index is 4.12. The molecule has 0 aromatic heterocycles. The Morgan fingerprint density at radius 3 is 2.50 bits per heavy atom. The van der Waals surface area contributed by atoms with Crippen LogP contribution in [0.4, 0.5) is 4.79 Å². The normalized spacial score (nSPS) is 12.7. The van der Waals surface area contributed by atoms with Crippen LogP contribution in [-0.2, 0) is 4.79 Å². The minimum atomic E-state index is -0.940. The average molecular weight is 228 g/mol. The summed E-state index contributed by atoms with van der Waals surface area (Å²) in [6.07, 6.45) is 2.27. The first-order valence-electron chi connectivity index (χ1n) is 5.18. The quantitative estimate of drug-likeness (QED) is 0.603. The van der Waals surface area contributed by atoms with Gasteiger partial charge in [-0.25, -0.2) is 4.79 Å². The van der Waals surface area contributed by atoms with Gasteiger partial charge in [-0.05, 0) is 27.2 Å². The van der Waals surface area contributed by atoms with Crippen molar-refractivity contribution >= 4 is 12.0 Å². The van der Waals surface area contributed by atoms with E-state index in [1.807, 2.05) is 6.92 Å². The van der Waals surface area contributed by atoms with Crippen molar-refractivity contribution in [2.75, 3.05) is 0 Å². The summed E-state index contributed by atoms with van der Waals surface area (Å²) >= 11 is 0. The Morgan fingerprint density at radius 1 is 1.50 bits per heavy atom. The lowest BCUT2D eigenvalue weighted by atomic mass is 10.0. The van der Waals surface area contributed by atoms with E-state index in [2.05, 4.69) is 17.2 Å². The van der Waals surface area contributed by atoms with Crippen LogP contribution in [0.2, 0.25) is 0 Å². The van der Waals surface area contributed by atoms with Gasteiger partial charge in [-0.3, -0.25) is 4.79 Å². The monoisotopic (exact) mass is 228 g/mol. The molecule has 0 aromatic carbocycles. The maximum Gasteiger partial charge on any atom is 0.315 e. The average Bonchev–Trinajstić information content (AvgIpc) is 1.98. The molecule has 5 heteroatoms. The van der Waals surface area contributed by atoms with Crippen molar-refractivity contribution in [2.24, 2.45) is 0 Å². The predicted octanol–water partition coefficient (Wildman–Crippen LogP) is 1.50. The van der Waals surface area contributed by atoms with E-state index in [9.17, 15) is 9.59 Å². The van der Waals surface area contributed by atoms with Crippen molar-refractivity contribution in [3.63, 3.8) is 0 Å². The minimum absolute atomic E-state index is 0.0156. The highest BCUT2D eigenvalue weighted by Crippen LogP contribution is 2.07. The molecule has 2 amide bonds. The van der Waals surface area contributed by atoms with Gasteiger partial charge in [-0.15, -0.1) is 6.58 Å². The molecule has 1 atom stereocenters. The third-order valence-corrected chi connectivity index (χ3v) is 1.94. The number of amides is 2. The molecule has 0 saturated carbocycles. The van der Waals surface area contributed by atoms with Crippen LogP contribution in [0.3, 0.4) is 0 Å². The van der Waals surface area contributed by atoms with Crippen molar-refractivity contribution in [3.8, 4) is 0 Å². The standard InChI is InChI=1S/C11H20N2O3/c1-5-6-8(2)12-10(16)13-11(3,4)7-9(14)15/h5,8H,1,6-7H2,2-4H3,(H,14,15)(H2,12,13,16). The van der Waals surface area contributed by atoms with Crippen LogP contribution in [-0.4, -0.2) is 28.7 Å². The van der Waals surface area contributed by atoms with Gasteiger partial charge in [0.25, 0.3) is 0 Å². The lowest BCUT2D eigenvalue weighted by Crippen LogP contribution is -2.51. The number of carbonyl (C=O) groups excluding carboxylic acids is 1. The lowest BCUT2D eigenvalue weighted by molar-refractivity contribution is -0.138.